The van der Waals surface area contributed by atoms with Gasteiger partial charge in [-0.15, -0.1) is 11.3 Å². The van der Waals surface area contributed by atoms with Crippen LogP contribution in [0.5, 0.6) is 5.75 Å². The molecule has 0 unspecified atom stereocenters. The summed E-state index contributed by atoms with van der Waals surface area (Å²) in [6, 6.07) is 7.21. The fraction of sp³-hybridized carbons (Fsp3) is 0.333. The van der Waals surface area contributed by atoms with E-state index in [9.17, 15) is 14.7 Å². The fourth-order valence-electron chi connectivity index (χ4n) is 2.91. The topological polar surface area (TPSA) is 75.6 Å². The van der Waals surface area contributed by atoms with Gasteiger partial charge in [-0.1, -0.05) is 12.1 Å². The van der Waals surface area contributed by atoms with Crippen LogP contribution in [-0.2, 0) is 22.4 Å². The first-order valence-corrected chi connectivity index (χ1v) is 8.69. The maximum absolute atomic E-state index is 12.6. The molecule has 1 aliphatic rings. The SMILES string of the molecule is COC(=O)[C@@H](NC(=O)c1cc2c(s1)CCCC2)c1cccc(O)c1. The second-order valence-electron chi connectivity index (χ2n) is 5.79. The summed E-state index contributed by atoms with van der Waals surface area (Å²) in [6.45, 7) is 0. The number of hydrogen-bond acceptors (Lipinski definition) is 5. The fourth-order valence-corrected chi connectivity index (χ4v) is 4.06. The standard InChI is InChI=1S/C18H19NO4S/c1-23-18(22)16(12-6-4-7-13(20)9-12)19-17(21)15-10-11-5-2-3-8-14(11)24-15/h4,6-7,9-10,16,20H,2-3,5,8H2,1H3,(H,19,21)/t16-/m0/s1. The zero-order valence-electron chi connectivity index (χ0n) is 13.4. The smallest absolute Gasteiger partial charge is 0.333 e. The predicted molar refractivity (Wildman–Crippen MR) is 91.3 cm³/mol. The Morgan fingerprint density at radius 1 is 1.25 bits per heavy atom. The minimum atomic E-state index is -0.950. The number of methoxy groups -OCH3 is 1. The molecule has 0 saturated carbocycles. The number of hydrogen-bond donors (Lipinski definition) is 2. The van der Waals surface area contributed by atoms with E-state index < -0.39 is 12.0 Å². The van der Waals surface area contributed by atoms with Gasteiger partial charge in [-0.05, 0) is 55.0 Å². The number of phenols is 1. The van der Waals surface area contributed by atoms with Crippen molar-refractivity contribution in [2.75, 3.05) is 7.11 Å². The lowest BCUT2D eigenvalue weighted by atomic mass is 9.99. The van der Waals surface area contributed by atoms with Gasteiger partial charge in [0.2, 0.25) is 0 Å². The predicted octanol–water partition coefficient (Wildman–Crippen LogP) is 2.98. The minimum Gasteiger partial charge on any atom is -0.508 e. The third kappa shape index (κ3) is 3.43. The highest BCUT2D eigenvalue weighted by atomic mass is 32.1. The summed E-state index contributed by atoms with van der Waals surface area (Å²) in [7, 11) is 1.27. The highest BCUT2D eigenvalue weighted by Gasteiger charge is 2.26. The van der Waals surface area contributed by atoms with E-state index in [0.29, 0.717) is 10.4 Å². The molecule has 6 heteroatoms. The minimum absolute atomic E-state index is 0.0299. The Morgan fingerprint density at radius 3 is 2.75 bits per heavy atom. The molecule has 2 N–H and O–H groups in total. The third-order valence-electron chi connectivity index (χ3n) is 4.14. The summed E-state index contributed by atoms with van der Waals surface area (Å²) in [6.07, 6.45) is 4.33. The van der Waals surface area contributed by atoms with Gasteiger partial charge in [0.15, 0.2) is 6.04 Å². The summed E-state index contributed by atoms with van der Waals surface area (Å²) in [5.74, 6) is -0.842. The average molecular weight is 345 g/mol. The van der Waals surface area contributed by atoms with Gasteiger partial charge in [-0.3, -0.25) is 4.79 Å². The average Bonchev–Trinajstić information content (AvgIpc) is 3.03. The number of aromatic hydroxyl groups is 1. The van der Waals surface area contributed by atoms with Crippen molar-refractivity contribution in [2.45, 2.75) is 31.7 Å². The number of thiophene rings is 1. The Hall–Kier alpha value is -2.34. The number of rotatable bonds is 4. The molecule has 5 nitrogen and oxygen atoms in total. The Kier molecular flexibility index (Phi) is 4.85. The number of fused-ring (bicyclic) bond motifs is 1. The lowest BCUT2D eigenvalue weighted by molar-refractivity contribution is -0.143. The molecule has 3 rings (SSSR count). The zero-order chi connectivity index (χ0) is 17.1. The van der Waals surface area contributed by atoms with Crippen LogP contribution in [-0.4, -0.2) is 24.1 Å². The van der Waals surface area contributed by atoms with Crippen molar-refractivity contribution in [1.29, 1.82) is 0 Å². The third-order valence-corrected chi connectivity index (χ3v) is 5.37. The number of amides is 1. The molecule has 0 radical (unpaired) electrons. The molecule has 126 valence electrons. The molecular formula is C18H19NO4S. The van der Waals surface area contributed by atoms with Crippen LogP contribution in [0.25, 0.3) is 0 Å². The van der Waals surface area contributed by atoms with Crippen molar-refractivity contribution in [3.8, 4) is 5.75 Å². The van der Waals surface area contributed by atoms with Gasteiger partial charge >= 0.3 is 5.97 Å². The maximum Gasteiger partial charge on any atom is 0.333 e. The number of aryl methyl sites for hydroxylation is 2. The molecular weight excluding hydrogens is 326 g/mol. The first-order chi connectivity index (χ1) is 11.6. The Morgan fingerprint density at radius 2 is 2.04 bits per heavy atom. The first kappa shape index (κ1) is 16.5. The van der Waals surface area contributed by atoms with Gasteiger partial charge in [0.05, 0.1) is 12.0 Å². The molecule has 1 aliphatic carbocycles. The molecule has 2 aromatic rings. The van der Waals surface area contributed by atoms with Crippen molar-refractivity contribution < 1.29 is 19.4 Å². The molecule has 0 saturated heterocycles. The molecule has 24 heavy (non-hydrogen) atoms. The molecule has 1 atom stereocenters. The Bertz CT molecular complexity index is 745. The van der Waals surface area contributed by atoms with E-state index in [4.69, 9.17) is 4.74 Å². The van der Waals surface area contributed by atoms with Crippen molar-refractivity contribution in [3.63, 3.8) is 0 Å². The molecule has 0 spiro atoms. The van der Waals surface area contributed by atoms with Crippen LogP contribution in [0.3, 0.4) is 0 Å². The van der Waals surface area contributed by atoms with Crippen LogP contribution in [0.4, 0.5) is 0 Å². The first-order valence-electron chi connectivity index (χ1n) is 7.87. The normalized spacial score (nSPS) is 14.5. The number of carbonyl (C=O) groups is 2. The van der Waals surface area contributed by atoms with Crippen molar-refractivity contribution in [3.05, 3.63) is 51.2 Å². The Balaban J connectivity index is 1.83. The van der Waals surface area contributed by atoms with E-state index in [2.05, 4.69) is 5.32 Å². The molecule has 1 amide bonds. The lowest BCUT2D eigenvalue weighted by Crippen LogP contribution is -2.34. The van der Waals surface area contributed by atoms with E-state index in [-0.39, 0.29) is 11.7 Å². The number of ether oxygens (including phenoxy) is 1. The summed E-state index contributed by atoms with van der Waals surface area (Å²) < 4.78 is 4.79. The molecule has 1 aromatic heterocycles. The highest BCUT2D eigenvalue weighted by molar-refractivity contribution is 7.14. The number of phenolic OH excluding ortho intramolecular Hbond substituents is 1. The number of benzene rings is 1. The summed E-state index contributed by atoms with van der Waals surface area (Å²) >= 11 is 1.49. The highest BCUT2D eigenvalue weighted by Crippen LogP contribution is 2.30. The summed E-state index contributed by atoms with van der Waals surface area (Å²) in [5, 5.41) is 12.3. The molecule has 0 aliphatic heterocycles. The van der Waals surface area contributed by atoms with E-state index in [1.807, 2.05) is 6.07 Å². The quantitative estimate of drug-likeness (QED) is 0.836. The van der Waals surface area contributed by atoms with E-state index >= 15 is 0 Å². The molecule has 0 bridgehead atoms. The summed E-state index contributed by atoms with van der Waals surface area (Å²) in [4.78, 5) is 26.5. The second kappa shape index (κ2) is 7.05. The van der Waals surface area contributed by atoms with Crippen LogP contribution in [0, 0.1) is 0 Å². The van der Waals surface area contributed by atoms with Crippen molar-refractivity contribution >= 4 is 23.2 Å². The van der Waals surface area contributed by atoms with Gasteiger partial charge in [-0.25, -0.2) is 4.79 Å². The maximum atomic E-state index is 12.6. The van der Waals surface area contributed by atoms with E-state index in [1.165, 1.54) is 41.0 Å². The molecule has 1 heterocycles. The zero-order valence-corrected chi connectivity index (χ0v) is 14.2. The van der Waals surface area contributed by atoms with Gasteiger partial charge in [0.1, 0.15) is 5.75 Å². The summed E-state index contributed by atoms with van der Waals surface area (Å²) in [5.41, 5.74) is 1.72. The van der Waals surface area contributed by atoms with Crippen LogP contribution >= 0.6 is 11.3 Å². The van der Waals surface area contributed by atoms with Crippen LogP contribution in [0.1, 0.15) is 44.6 Å². The monoisotopic (exact) mass is 345 g/mol. The van der Waals surface area contributed by atoms with Gasteiger partial charge in [0, 0.05) is 4.88 Å². The van der Waals surface area contributed by atoms with Crippen LogP contribution < -0.4 is 5.32 Å². The Labute approximate surface area is 144 Å². The van der Waals surface area contributed by atoms with Crippen LogP contribution in [0.2, 0.25) is 0 Å². The van der Waals surface area contributed by atoms with Crippen molar-refractivity contribution in [2.24, 2.45) is 0 Å². The number of nitrogens with one attached hydrogen (secondary N) is 1. The van der Waals surface area contributed by atoms with E-state index in [0.717, 1.165) is 25.7 Å². The van der Waals surface area contributed by atoms with Gasteiger partial charge in [0.25, 0.3) is 5.91 Å². The van der Waals surface area contributed by atoms with Crippen LogP contribution in [0.15, 0.2) is 30.3 Å². The molecule has 1 aromatic carbocycles. The van der Waals surface area contributed by atoms with Gasteiger partial charge in [-0.2, -0.15) is 0 Å². The number of carbonyl (C=O) groups excluding carboxylic acids is 2. The largest absolute Gasteiger partial charge is 0.508 e. The molecule has 0 fully saturated rings. The van der Waals surface area contributed by atoms with E-state index in [1.54, 1.807) is 12.1 Å². The van der Waals surface area contributed by atoms with Crippen molar-refractivity contribution in [1.82, 2.24) is 5.32 Å². The number of esters is 1. The van der Waals surface area contributed by atoms with Gasteiger partial charge < -0.3 is 15.2 Å². The lowest BCUT2D eigenvalue weighted by Gasteiger charge is -2.16. The second-order valence-corrected chi connectivity index (χ2v) is 6.93.